The van der Waals surface area contributed by atoms with E-state index in [9.17, 15) is 9.90 Å². The molecule has 7 nitrogen and oxygen atoms in total. The van der Waals surface area contributed by atoms with Gasteiger partial charge < -0.3 is 25.5 Å². The van der Waals surface area contributed by atoms with Crippen molar-refractivity contribution in [2.75, 3.05) is 11.9 Å². The molecule has 1 amide bonds. The Hall–Kier alpha value is -3.36. The first-order chi connectivity index (χ1) is 14.2. The summed E-state index contributed by atoms with van der Waals surface area (Å²) in [4.78, 5) is 19.7. The van der Waals surface area contributed by atoms with Crippen molar-refractivity contribution in [2.24, 2.45) is 0 Å². The number of hydrogen-bond acceptors (Lipinski definition) is 6. The van der Waals surface area contributed by atoms with Crippen LogP contribution in [-0.4, -0.2) is 33.8 Å². The molecule has 0 aliphatic heterocycles. The molecule has 1 aromatic carbocycles. The second kappa shape index (κ2) is 8.76. The molecule has 4 aromatic rings. The number of nitrogens with zero attached hydrogens (tertiary/aromatic N) is 1. The van der Waals surface area contributed by atoms with Crippen LogP contribution in [0.5, 0.6) is 5.75 Å². The van der Waals surface area contributed by atoms with Crippen molar-refractivity contribution < 1.29 is 14.6 Å². The van der Waals surface area contributed by atoms with E-state index in [2.05, 4.69) is 20.6 Å². The Labute approximate surface area is 171 Å². The van der Waals surface area contributed by atoms with Gasteiger partial charge in [0.1, 0.15) is 10.6 Å². The monoisotopic (exact) mass is 408 g/mol. The van der Waals surface area contributed by atoms with Crippen LogP contribution in [0.25, 0.3) is 11.0 Å². The summed E-state index contributed by atoms with van der Waals surface area (Å²) in [6.45, 7) is -0.179. The van der Waals surface area contributed by atoms with Gasteiger partial charge in [0.2, 0.25) is 0 Å². The summed E-state index contributed by atoms with van der Waals surface area (Å²) < 4.78 is 5.48. The topological polar surface area (TPSA) is 99.3 Å². The molecule has 4 N–H and O–H groups in total. The predicted molar refractivity (Wildman–Crippen MR) is 114 cm³/mol. The maximum atomic E-state index is 12.4. The van der Waals surface area contributed by atoms with E-state index in [0.29, 0.717) is 17.2 Å². The summed E-state index contributed by atoms with van der Waals surface area (Å²) in [5, 5.41) is 19.1. The lowest BCUT2D eigenvalue weighted by Crippen LogP contribution is -2.40. The van der Waals surface area contributed by atoms with Crippen LogP contribution in [-0.2, 0) is 6.42 Å². The smallest absolute Gasteiger partial charge is 0.407 e. The van der Waals surface area contributed by atoms with Crippen LogP contribution in [0.4, 0.5) is 15.5 Å². The molecule has 1 atom stereocenters. The number of aliphatic hydroxyl groups excluding tert-OH is 1. The van der Waals surface area contributed by atoms with Gasteiger partial charge in [0.05, 0.1) is 18.3 Å². The molecule has 3 heterocycles. The van der Waals surface area contributed by atoms with E-state index in [-0.39, 0.29) is 6.61 Å². The number of amides is 1. The third kappa shape index (κ3) is 4.56. The molecule has 0 radical (unpaired) electrons. The Morgan fingerprint density at radius 3 is 2.90 bits per heavy atom. The largest absolute Gasteiger partial charge is 0.413 e. The number of thiophene rings is 1. The Balaban J connectivity index is 1.42. The van der Waals surface area contributed by atoms with Crippen LogP contribution in [0.2, 0.25) is 0 Å². The van der Waals surface area contributed by atoms with Crippen molar-refractivity contribution in [3.05, 3.63) is 71.9 Å². The van der Waals surface area contributed by atoms with Crippen LogP contribution < -0.4 is 15.4 Å². The third-order valence-electron chi connectivity index (χ3n) is 4.41. The maximum Gasteiger partial charge on any atom is 0.413 e. The van der Waals surface area contributed by atoms with Crippen molar-refractivity contribution >= 4 is 39.2 Å². The van der Waals surface area contributed by atoms with E-state index in [1.807, 2.05) is 54.0 Å². The molecule has 4 rings (SSSR count). The fourth-order valence-corrected chi connectivity index (χ4v) is 3.74. The second-order valence-electron chi connectivity index (χ2n) is 6.44. The lowest BCUT2D eigenvalue weighted by atomic mass is 10.1. The van der Waals surface area contributed by atoms with Gasteiger partial charge in [-0.05, 0) is 35.6 Å². The van der Waals surface area contributed by atoms with Crippen LogP contribution in [0.15, 0.2) is 66.3 Å². The minimum Gasteiger partial charge on any atom is -0.407 e. The highest BCUT2D eigenvalue weighted by Crippen LogP contribution is 2.35. The number of fused-ring (bicyclic) bond motifs is 1. The van der Waals surface area contributed by atoms with Crippen molar-refractivity contribution in [3.8, 4) is 5.75 Å². The Morgan fingerprint density at radius 2 is 2.07 bits per heavy atom. The number of carbonyl (C=O) groups excluding carboxylic acids is 1. The lowest BCUT2D eigenvalue weighted by molar-refractivity contribution is 0.183. The zero-order valence-electron chi connectivity index (χ0n) is 15.5. The minimum atomic E-state index is -0.608. The number of pyridine rings is 1. The van der Waals surface area contributed by atoms with Crippen molar-refractivity contribution in [1.82, 2.24) is 15.3 Å². The summed E-state index contributed by atoms with van der Waals surface area (Å²) in [5.41, 5.74) is 2.66. The molecule has 3 aromatic heterocycles. The number of carbonyl (C=O) groups is 1. The molecule has 0 aliphatic rings. The van der Waals surface area contributed by atoms with E-state index in [1.165, 1.54) is 11.3 Å². The Bertz CT molecular complexity index is 1090. The predicted octanol–water partition coefficient (Wildman–Crippen LogP) is 4.06. The molecule has 0 unspecified atom stereocenters. The Morgan fingerprint density at radius 1 is 1.21 bits per heavy atom. The van der Waals surface area contributed by atoms with E-state index in [1.54, 1.807) is 12.3 Å². The first kappa shape index (κ1) is 19.0. The van der Waals surface area contributed by atoms with Crippen LogP contribution >= 0.6 is 11.3 Å². The highest BCUT2D eigenvalue weighted by molar-refractivity contribution is 7.14. The summed E-state index contributed by atoms with van der Waals surface area (Å²) in [5.74, 6) is 0.421. The van der Waals surface area contributed by atoms with Gasteiger partial charge in [-0.15, -0.1) is 11.3 Å². The number of anilines is 2. The molecule has 0 saturated carbocycles. The van der Waals surface area contributed by atoms with Gasteiger partial charge in [0.15, 0.2) is 5.75 Å². The molecular weight excluding hydrogens is 388 g/mol. The zero-order chi connectivity index (χ0) is 20.1. The number of ether oxygens (including phenoxy) is 1. The standard InChI is InChI=1S/C21H20N4O3S/c26-13-15(12-14-4-2-1-3-5-14)24-21(27)28-18-8-11-29-20(18)25-17-7-10-23-19-16(17)6-9-22-19/h1-11,15,26H,12-13H2,(H,24,27)(H2,22,23,25)/t15-/m0/s1. The van der Waals surface area contributed by atoms with Crippen molar-refractivity contribution in [3.63, 3.8) is 0 Å². The Kier molecular flexibility index (Phi) is 5.73. The number of hydrogen-bond donors (Lipinski definition) is 4. The fourth-order valence-electron chi connectivity index (χ4n) is 3.02. The first-order valence-electron chi connectivity index (χ1n) is 9.12. The summed E-state index contributed by atoms with van der Waals surface area (Å²) >= 11 is 1.43. The maximum absolute atomic E-state index is 12.4. The summed E-state index contributed by atoms with van der Waals surface area (Å²) in [7, 11) is 0. The highest BCUT2D eigenvalue weighted by Gasteiger charge is 2.16. The molecule has 29 heavy (non-hydrogen) atoms. The second-order valence-corrected chi connectivity index (χ2v) is 7.36. The number of H-pyrrole nitrogens is 1. The van der Waals surface area contributed by atoms with E-state index >= 15 is 0 Å². The van der Waals surface area contributed by atoms with Gasteiger partial charge in [-0.1, -0.05) is 30.3 Å². The van der Waals surface area contributed by atoms with Crippen molar-refractivity contribution in [2.45, 2.75) is 12.5 Å². The SMILES string of the molecule is O=C(N[C@H](CO)Cc1ccccc1)Oc1ccsc1Nc1ccnc2[nH]ccc12. The van der Waals surface area contributed by atoms with E-state index in [0.717, 1.165) is 22.3 Å². The number of rotatable bonds is 7. The molecule has 0 spiro atoms. The zero-order valence-corrected chi connectivity index (χ0v) is 16.3. The normalized spacial score (nSPS) is 11.9. The van der Waals surface area contributed by atoms with E-state index < -0.39 is 12.1 Å². The average Bonchev–Trinajstić information content (AvgIpc) is 3.38. The minimum absolute atomic E-state index is 0.179. The quantitative estimate of drug-likeness (QED) is 0.370. The molecule has 0 saturated heterocycles. The van der Waals surface area contributed by atoms with Gasteiger partial charge in [-0.2, -0.15) is 0 Å². The van der Waals surface area contributed by atoms with Crippen LogP contribution in [0.3, 0.4) is 0 Å². The third-order valence-corrected chi connectivity index (χ3v) is 5.22. The number of nitrogens with one attached hydrogen (secondary N) is 3. The molecule has 0 fully saturated rings. The number of aromatic nitrogens is 2. The molecule has 148 valence electrons. The molecule has 0 bridgehead atoms. The van der Waals surface area contributed by atoms with Gasteiger partial charge in [0.25, 0.3) is 0 Å². The van der Waals surface area contributed by atoms with Crippen LogP contribution in [0.1, 0.15) is 5.56 Å². The number of benzene rings is 1. The average molecular weight is 408 g/mol. The fraction of sp³-hybridized carbons (Fsp3) is 0.143. The molecule has 8 heteroatoms. The van der Waals surface area contributed by atoms with Gasteiger partial charge in [-0.3, -0.25) is 0 Å². The highest BCUT2D eigenvalue weighted by atomic mass is 32.1. The molecular formula is C21H20N4O3S. The molecule has 0 aliphatic carbocycles. The first-order valence-corrected chi connectivity index (χ1v) is 10.0. The van der Waals surface area contributed by atoms with E-state index in [4.69, 9.17) is 4.74 Å². The number of aliphatic hydroxyl groups is 1. The van der Waals surface area contributed by atoms with Gasteiger partial charge >= 0.3 is 6.09 Å². The lowest BCUT2D eigenvalue weighted by Gasteiger charge is -2.16. The number of aromatic amines is 1. The van der Waals surface area contributed by atoms with Gasteiger partial charge in [0, 0.05) is 17.8 Å². The van der Waals surface area contributed by atoms with Crippen molar-refractivity contribution in [1.29, 1.82) is 0 Å². The summed E-state index contributed by atoms with van der Waals surface area (Å²) in [6, 6.07) is 14.8. The summed E-state index contributed by atoms with van der Waals surface area (Å²) in [6.07, 6.45) is 3.44. The van der Waals surface area contributed by atoms with Gasteiger partial charge in [-0.25, -0.2) is 9.78 Å². The van der Waals surface area contributed by atoms with Crippen LogP contribution in [0, 0.1) is 0 Å².